The number of rotatable bonds is 3. The van der Waals surface area contributed by atoms with Gasteiger partial charge in [-0.3, -0.25) is 10.1 Å². The first kappa shape index (κ1) is 13.7. The summed E-state index contributed by atoms with van der Waals surface area (Å²) >= 11 is 0. The van der Waals surface area contributed by atoms with E-state index in [4.69, 9.17) is 5.11 Å². The van der Waals surface area contributed by atoms with Gasteiger partial charge in [0.2, 0.25) is 0 Å². The number of aromatic nitrogens is 2. The molecule has 104 valence electrons. The second-order valence-electron chi connectivity index (χ2n) is 4.17. The third kappa shape index (κ3) is 2.11. The molecule has 1 aromatic carbocycles. The highest BCUT2D eigenvalue weighted by atomic mass is 19.1. The number of hydrogen-bond donors (Lipinski definition) is 1. The number of nitrogens with zero attached hydrogens (tertiary/aromatic N) is 3. The number of aryl methyl sites for hydroxylation is 1. The summed E-state index contributed by atoms with van der Waals surface area (Å²) in [5.41, 5.74) is -0.176. The summed E-state index contributed by atoms with van der Waals surface area (Å²) in [6, 6.07) is 1.54. The maximum Gasteiger partial charge on any atom is 0.342 e. The molecular formula is C12H10FN3O4. The van der Waals surface area contributed by atoms with Gasteiger partial charge in [0, 0.05) is 5.69 Å². The van der Waals surface area contributed by atoms with E-state index in [1.165, 1.54) is 10.9 Å². The number of hydrogen-bond acceptors (Lipinski definition) is 4. The molecule has 0 aliphatic carbocycles. The highest BCUT2D eigenvalue weighted by Gasteiger charge is 2.24. The second-order valence-corrected chi connectivity index (χ2v) is 4.17. The van der Waals surface area contributed by atoms with Crippen LogP contribution in [0.5, 0.6) is 0 Å². The van der Waals surface area contributed by atoms with Crippen molar-refractivity contribution in [1.29, 1.82) is 0 Å². The van der Waals surface area contributed by atoms with Gasteiger partial charge < -0.3 is 9.67 Å². The SMILES string of the molecule is Cc1ncn(-c2cc(C(=O)O)c([N+](=O)[O-])cc2F)c1C. The predicted octanol–water partition coefficient (Wildman–Crippen LogP) is 2.23. The van der Waals surface area contributed by atoms with E-state index in [1.807, 2.05) is 0 Å². The molecule has 0 unspecified atom stereocenters. The Labute approximate surface area is 112 Å². The molecule has 2 aromatic rings. The van der Waals surface area contributed by atoms with E-state index < -0.39 is 28.0 Å². The molecule has 0 saturated carbocycles. The first-order valence-electron chi connectivity index (χ1n) is 5.55. The number of aromatic carboxylic acids is 1. The summed E-state index contributed by atoms with van der Waals surface area (Å²) in [4.78, 5) is 24.9. The van der Waals surface area contributed by atoms with Crippen LogP contribution in [0.3, 0.4) is 0 Å². The fourth-order valence-corrected chi connectivity index (χ4v) is 1.80. The van der Waals surface area contributed by atoms with Gasteiger partial charge in [-0.05, 0) is 19.9 Å². The van der Waals surface area contributed by atoms with Crippen LogP contribution in [0.15, 0.2) is 18.5 Å². The van der Waals surface area contributed by atoms with Gasteiger partial charge in [0.05, 0.1) is 28.7 Å². The van der Waals surface area contributed by atoms with E-state index in [0.717, 1.165) is 6.07 Å². The maximum atomic E-state index is 14.0. The van der Waals surface area contributed by atoms with Crippen molar-refractivity contribution < 1.29 is 19.2 Å². The molecule has 0 spiro atoms. The monoisotopic (exact) mass is 279 g/mol. The van der Waals surface area contributed by atoms with Crippen molar-refractivity contribution in [2.75, 3.05) is 0 Å². The van der Waals surface area contributed by atoms with Crippen molar-refractivity contribution in [3.05, 3.63) is 51.3 Å². The van der Waals surface area contributed by atoms with E-state index in [1.54, 1.807) is 13.8 Å². The van der Waals surface area contributed by atoms with Crippen LogP contribution in [-0.4, -0.2) is 25.6 Å². The molecule has 0 fully saturated rings. The Kier molecular flexibility index (Phi) is 3.23. The molecule has 8 heteroatoms. The summed E-state index contributed by atoms with van der Waals surface area (Å²) in [5.74, 6) is -2.38. The fraction of sp³-hybridized carbons (Fsp3) is 0.167. The van der Waals surface area contributed by atoms with Gasteiger partial charge in [-0.1, -0.05) is 0 Å². The van der Waals surface area contributed by atoms with Gasteiger partial charge in [-0.2, -0.15) is 0 Å². The topological polar surface area (TPSA) is 98.3 Å². The Hall–Kier alpha value is -2.77. The third-order valence-electron chi connectivity index (χ3n) is 3.00. The Balaban J connectivity index is 2.73. The Bertz CT molecular complexity index is 724. The molecule has 2 rings (SSSR count). The van der Waals surface area contributed by atoms with Gasteiger partial charge in [0.25, 0.3) is 5.69 Å². The van der Waals surface area contributed by atoms with Crippen LogP contribution >= 0.6 is 0 Å². The molecule has 0 saturated heterocycles. The number of halogens is 1. The van der Waals surface area contributed by atoms with E-state index >= 15 is 0 Å². The smallest absolute Gasteiger partial charge is 0.342 e. The molecule has 0 aliphatic heterocycles. The molecule has 0 atom stereocenters. The third-order valence-corrected chi connectivity index (χ3v) is 3.00. The van der Waals surface area contributed by atoms with Crippen LogP contribution in [0.2, 0.25) is 0 Å². The van der Waals surface area contributed by atoms with E-state index in [2.05, 4.69) is 4.98 Å². The fourth-order valence-electron chi connectivity index (χ4n) is 1.80. The van der Waals surface area contributed by atoms with Gasteiger partial charge in [-0.15, -0.1) is 0 Å². The highest BCUT2D eigenvalue weighted by molar-refractivity contribution is 5.93. The first-order chi connectivity index (χ1) is 9.32. The van der Waals surface area contributed by atoms with Crippen molar-refractivity contribution in [2.24, 2.45) is 0 Å². The standard InChI is InChI=1S/C12H10FN3O4/c1-6-7(2)15(5-14-6)11-3-8(12(17)18)10(16(19)20)4-9(11)13/h3-5H,1-2H3,(H,17,18). The average molecular weight is 279 g/mol. The molecule has 7 nitrogen and oxygen atoms in total. The van der Waals surface area contributed by atoms with Crippen LogP contribution < -0.4 is 0 Å². The molecule has 0 radical (unpaired) electrons. The quantitative estimate of drug-likeness (QED) is 0.686. The lowest BCUT2D eigenvalue weighted by molar-refractivity contribution is -0.385. The number of carboxylic acids is 1. The number of nitro benzene ring substituents is 1. The first-order valence-corrected chi connectivity index (χ1v) is 5.55. The van der Waals surface area contributed by atoms with Gasteiger partial charge in [-0.25, -0.2) is 14.2 Å². The second kappa shape index (κ2) is 4.72. The van der Waals surface area contributed by atoms with E-state index in [9.17, 15) is 19.3 Å². The number of nitro groups is 1. The van der Waals surface area contributed by atoms with Crippen molar-refractivity contribution >= 4 is 11.7 Å². The molecular weight excluding hydrogens is 269 g/mol. The predicted molar refractivity (Wildman–Crippen MR) is 66.6 cm³/mol. The minimum Gasteiger partial charge on any atom is -0.477 e. The minimum atomic E-state index is -1.49. The van der Waals surface area contributed by atoms with Gasteiger partial charge >= 0.3 is 5.97 Å². The molecule has 0 bridgehead atoms. The lowest BCUT2D eigenvalue weighted by Gasteiger charge is -2.08. The highest BCUT2D eigenvalue weighted by Crippen LogP contribution is 2.26. The number of benzene rings is 1. The summed E-state index contributed by atoms with van der Waals surface area (Å²) in [6.45, 7) is 3.40. The largest absolute Gasteiger partial charge is 0.477 e. The van der Waals surface area contributed by atoms with Crippen LogP contribution in [0.25, 0.3) is 5.69 Å². The zero-order chi connectivity index (χ0) is 15.0. The number of carbonyl (C=O) groups is 1. The lowest BCUT2D eigenvalue weighted by Crippen LogP contribution is -2.07. The Morgan fingerprint density at radius 3 is 2.55 bits per heavy atom. The molecule has 1 aromatic heterocycles. The Morgan fingerprint density at radius 2 is 2.10 bits per heavy atom. The van der Waals surface area contributed by atoms with Crippen molar-refractivity contribution in [3.8, 4) is 5.69 Å². The minimum absolute atomic E-state index is 0.0916. The molecule has 1 N–H and O–H groups in total. The van der Waals surface area contributed by atoms with Crippen molar-refractivity contribution in [3.63, 3.8) is 0 Å². The van der Waals surface area contributed by atoms with Crippen LogP contribution in [-0.2, 0) is 0 Å². The molecule has 1 heterocycles. The van der Waals surface area contributed by atoms with Gasteiger partial charge in [0.15, 0.2) is 5.82 Å². The summed E-state index contributed by atoms with van der Waals surface area (Å²) < 4.78 is 15.3. The summed E-state index contributed by atoms with van der Waals surface area (Å²) in [5, 5.41) is 19.8. The van der Waals surface area contributed by atoms with E-state index in [0.29, 0.717) is 17.5 Å². The number of carboxylic acid groups (broad SMARTS) is 1. The molecule has 0 amide bonds. The maximum absolute atomic E-state index is 14.0. The van der Waals surface area contributed by atoms with Crippen LogP contribution in [0, 0.1) is 29.8 Å². The summed E-state index contributed by atoms with van der Waals surface area (Å²) in [6.07, 6.45) is 1.33. The lowest BCUT2D eigenvalue weighted by atomic mass is 10.1. The summed E-state index contributed by atoms with van der Waals surface area (Å²) in [7, 11) is 0. The zero-order valence-electron chi connectivity index (χ0n) is 10.6. The molecule has 20 heavy (non-hydrogen) atoms. The van der Waals surface area contributed by atoms with Crippen LogP contribution in [0.1, 0.15) is 21.7 Å². The van der Waals surface area contributed by atoms with Crippen molar-refractivity contribution in [2.45, 2.75) is 13.8 Å². The van der Waals surface area contributed by atoms with Crippen LogP contribution in [0.4, 0.5) is 10.1 Å². The van der Waals surface area contributed by atoms with Gasteiger partial charge in [0.1, 0.15) is 5.56 Å². The molecule has 0 aliphatic rings. The average Bonchev–Trinajstić information content (AvgIpc) is 2.69. The number of imidazole rings is 1. The normalized spacial score (nSPS) is 10.6. The van der Waals surface area contributed by atoms with Crippen molar-refractivity contribution in [1.82, 2.24) is 9.55 Å². The zero-order valence-corrected chi connectivity index (χ0v) is 10.6. The van der Waals surface area contributed by atoms with E-state index in [-0.39, 0.29) is 5.69 Å². The Morgan fingerprint density at radius 1 is 1.45 bits per heavy atom.